The largest absolute Gasteiger partial charge is 0.324 e. The average Bonchev–Trinajstić information content (AvgIpc) is 2.43. The Kier molecular flexibility index (Phi) is 3.10. The molecule has 0 saturated heterocycles. The summed E-state index contributed by atoms with van der Waals surface area (Å²) in [7, 11) is 0. The molecular formula is C12H15N3O2. The fraction of sp³-hybridized carbons (Fsp3) is 0.333. The third kappa shape index (κ3) is 2.45. The zero-order chi connectivity index (χ0) is 12.4. The van der Waals surface area contributed by atoms with Gasteiger partial charge < -0.3 is 16.4 Å². The van der Waals surface area contributed by atoms with Crippen molar-refractivity contribution in [1.29, 1.82) is 0 Å². The molecule has 1 aromatic carbocycles. The standard InChI is InChI=1S/C12H15N3O2/c1-2-8(13)7-3-4-9-10(5-7)15-12(17)6-11(16)14-9/h3-5,8H,2,6,13H2,1H3,(H,14,16)(H,15,17)/t8-/m1/s1. The first-order valence-corrected chi connectivity index (χ1v) is 5.59. The molecule has 4 N–H and O–H groups in total. The average molecular weight is 233 g/mol. The van der Waals surface area contributed by atoms with Crippen molar-refractivity contribution in [1.82, 2.24) is 0 Å². The molecule has 0 saturated carbocycles. The van der Waals surface area contributed by atoms with Crippen LogP contribution in [0.3, 0.4) is 0 Å². The first-order chi connectivity index (χ1) is 8.10. The lowest BCUT2D eigenvalue weighted by molar-refractivity contribution is -0.123. The molecule has 1 aliphatic heterocycles. The van der Waals surface area contributed by atoms with Gasteiger partial charge in [-0.15, -0.1) is 0 Å². The van der Waals surface area contributed by atoms with Gasteiger partial charge in [-0.25, -0.2) is 0 Å². The highest BCUT2D eigenvalue weighted by Crippen LogP contribution is 2.28. The van der Waals surface area contributed by atoms with E-state index in [1.165, 1.54) is 0 Å². The van der Waals surface area contributed by atoms with Crippen molar-refractivity contribution in [2.24, 2.45) is 5.73 Å². The van der Waals surface area contributed by atoms with E-state index in [1.54, 1.807) is 6.07 Å². The van der Waals surface area contributed by atoms with Crippen molar-refractivity contribution in [2.45, 2.75) is 25.8 Å². The topological polar surface area (TPSA) is 84.2 Å². The van der Waals surface area contributed by atoms with Gasteiger partial charge in [0.2, 0.25) is 11.8 Å². The number of carbonyl (C=O) groups is 2. The van der Waals surface area contributed by atoms with Gasteiger partial charge in [0.25, 0.3) is 0 Å². The fourth-order valence-electron chi connectivity index (χ4n) is 1.78. The zero-order valence-electron chi connectivity index (χ0n) is 9.62. The van der Waals surface area contributed by atoms with Crippen LogP contribution in [0.25, 0.3) is 0 Å². The Morgan fingerprint density at radius 2 is 1.88 bits per heavy atom. The summed E-state index contributed by atoms with van der Waals surface area (Å²) in [4.78, 5) is 22.7. The van der Waals surface area contributed by atoms with Crippen LogP contribution in [0.15, 0.2) is 18.2 Å². The molecule has 5 heteroatoms. The Labute approximate surface area is 99.4 Å². The maximum Gasteiger partial charge on any atom is 0.233 e. The van der Waals surface area contributed by atoms with Gasteiger partial charge in [-0.05, 0) is 24.1 Å². The zero-order valence-corrected chi connectivity index (χ0v) is 9.62. The molecule has 1 atom stereocenters. The van der Waals surface area contributed by atoms with Gasteiger partial charge in [0.15, 0.2) is 0 Å². The minimum Gasteiger partial charge on any atom is -0.324 e. The highest BCUT2D eigenvalue weighted by molar-refractivity contribution is 6.13. The number of rotatable bonds is 2. The molecule has 0 aliphatic carbocycles. The predicted molar refractivity (Wildman–Crippen MR) is 65.5 cm³/mol. The lowest BCUT2D eigenvalue weighted by atomic mass is 10.0. The number of hydrogen-bond donors (Lipinski definition) is 3. The van der Waals surface area contributed by atoms with Crippen molar-refractivity contribution in [3.8, 4) is 0 Å². The summed E-state index contributed by atoms with van der Waals surface area (Å²) in [5, 5.41) is 5.37. The lowest BCUT2D eigenvalue weighted by Crippen LogP contribution is -2.16. The van der Waals surface area contributed by atoms with Crippen LogP contribution in [0.4, 0.5) is 11.4 Å². The third-order valence-electron chi connectivity index (χ3n) is 2.78. The summed E-state index contributed by atoms with van der Waals surface area (Å²) in [6.07, 6.45) is 0.670. The van der Waals surface area contributed by atoms with Crippen LogP contribution in [0.1, 0.15) is 31.4 Å². The van der Waals surface area contributed by atoms with Gasteiger partial charge in [-0.2, -0.15) is 0 Å². The number of benzene rings is 1. The van der Waals surface area contributed by atoms with Gasteiger partial charge >= 0.3 is 0 Å². The van der Waals surface area contributed by atoms with Crippen LogP contribution >= 0.6 is 0 Å². The summed E-state index contributed by atoms with van der Waals surface area (Å²) < 4.78 is 0. The molecule has 1 aromatic rings. The van der Waals surface area contributed by atoms with Gasteiger partial charge in [-0.3, -0.25) is 9.59 Å². The molecule has 17 heavy (non-hydrogen) atoms. The van der Waals surface area contributed by atoms with Crippen LogP contribution in [0.5, 0.6) is 0 Å². The fourth-order valence-corrected chi connectivity index (χ4v) is 1.78. The van der Waals surface area contributed by atoms with Gasteiger partial charge in [0.1, 0.15) is 6.42 Å². The molecule has 1 heterocycles. The summed E-state index contributed by atoms with van der Waals surface area (Å²) >= 11 is 0. The summed E-state index contributed by atoms with van der Waals surface area (Å²) in [6, 6.07) is 5.39. The second kappa shape index (κ2) is 4.55. The Hall–Kier alpha value is -1.88. The second-order valence-electron chi connectivity index (χ2n) is 4.09. The lowest BCUT2D eigenvalue weighted by Gasteiger charge is -2.13. The van der Waals surface area contributed by atoms with E-state index in [1.807, 2.05) is 19.1 Å². The van der Waals surface area contributed by atoms with E-state index in [9.17, 15) is 9.59 Å². The molecule has 5 nitrogen and oxygen atoms in total. The second-order valence-corrected chi connectivity index (χ2v) is 4.09. The van der Waals surface area contributed by atoms with E-state index < -0.39 is 0 Å². The highest BCUT2D eigenvalue weighted by Gasteiger charge is 2.18. The SMILES string of the molecule is CC[C@@H](N)c1ccc2c(c1)NC(=O)CC(=O)N2. The van der Waals surface area contributed by atoms with Crippen LogP contribution < -0.4 is 16.4 Å². The molecule has 0 aromatic heterocycles. The molecule has 1 aliphatic rings. The number of nitrogens with two attached hydrogens (primary N) is 1. The van der Waals surface area contributed by atoms with E-state index >= 15 is 0 Å². The maximum absolute atomic E-state index is 11.4. The number of hydrogen-bond acceptors (Lipinski definition) is 3. The minimum absolute atomic E-state index is 0.0591. The maximum atomic E-state index is 11.4. The van der Waals surface area contributed by atoms with Crippen molar-refractivity contribution < 1.29 is 9.59 Å². The van der Waals surface area contributed by atoms with Gasteiger partial charge in [-0.1, -0.05) is 13.0 Å². The Morgan fingerprint density at radius 1 is 1.24 bits per heavy atom. The first-order valence-electron chi connectivity index (χ1n) is 5.59. The normalized spacial score (nSPS) is 16.6. The smallest absolute Gasteiger partial charge is 0.233 e. The van der Waals surface area contributed by atoms with Crippen molar-refractivity contribution in [3.05, 3.63) is 23.8 Å². The highest BCUT2D eigenvalue weighted by atomic mass is 16.2. The van der Waals surface area contributed by atoms with Crippen molar-refractivity contribution in [3.63, 3.8) is 0 Å². The van der Waals surface area contributed by atoms with Crippen LogP contribution in [-0.2, 0) is 9.59 Å². The molecule has 0 fully saturated rings. The minimum atomic E-state index is -0.302. The molecular weight excluding hydrogens is 218 g/mol. The van der Waals surface area contributed by atoms with E-state index in [2.05, 4.69) is 10.6 Å². The Balaban J connectivity index is 2.37. The van der Waals surface area contributed by atoms with Crippen LogP contribution in [-0.4, -0.2) is 11.8 Å². The summed E-state index contributed by atoms with van der Waals surface area (Å²) in [5.41, 5.74) is 8.11. The summed E-state index contributed by atoms with van der Waals surface area (Å²) in [5.74, 6) is -0.600. The molecule has 0 spiro atoms. The van der Waals surface area contributed by atoms with E-state index in [0.717, 1.165) is 12.0 Å². The van der Waals surface area contributed by atoms with E-state index in [-0.39, 0.29) is 24.3 Å². The number of anilines is 2. The third-order valence-corrected chi connectivity index (χ3v) is 2.78. The molecule has 2 amide bonds. The van der Waals surface area contributed by atoms with E-state index in [0.29, 0.717) is 11.4 Å². The van der Waals surface area contributed by atoms with Crippen molar-refractivity contribution >= 4 is 23.2 Å². The Bertz CT molecular complexity index is 471. The molecule has 0 unspecified atom stereocenters. The van der Waals surface area contributed by atoms with Crippen LogP contribution in [0, 0.1) is 0 Å². The van der Waals surface area contributed by atoms with Gasteiger partial charge in [0.05, 0.1) is 11.4 Å². The number of amides is 2. The summed E-state index contributed by atoms with van der Waals surface area (Å²) in [6.45, 7) is 2.00. The van der Waals surface area contributed by atoms with Gasteiger partial charge in [0, 0.05) is 6.04 Å². The van der Waals surface area contributed by atoms with E-state index in [4.69, 9.17) is 5.73 Å². The Morgan fingerprint density at radius 3 is 2.53 bits per heavy atom. The first kappa shape index (κ1) is 11.6. The molecule has 90 valence electrons. The molecule has 2 rings (SSSR count). The molecule has 0 radical (unpaired) electrons. The number of carbonyl (C=O) groups excluding carboxylic acids is 2. The monoisotopic (exact) mass is 233 g/mol. The van der Waals surface area contributed by atoms with Crippen molar-refractivity contribution in [2.75, 3.05) is 10.6 Å². The quantitative estimate of drug-likeness (QED) is 0.674. The van der Waals surface area contributed by atoms with Crippen LogP contribution in [0.2, 0.25) is 0 Å². The predicted octanol–water partition coefficient (Wildman–Crippen LogP) is 1.38. The number of fused-ring (bicyclic) bond motifs is 1. The molecule has 0 bridgehead atoms. The number of nitrogens with one attached hydrogen (secondary N) is 2.